The van der Waals surface area contributed by atoms with Gasteiger partial charge in [-0.3, -0.25) is 9.89 Å². The Morgan fingerprint density at radius 3 is 2.76 bits per heavy atom. The summed E-state index contributed by atoms with van der Waals surface area (Å²) in [7, 11) is 0. The van der Waals surface area contributed by atoms with E-state index in [1.807, 2.05) is 18.7 Å². The van der Waals surface area contributed by atoms with E-state index in [1.54, 1.807) is 0 Å². The highest BCUT2D eigenvalue weighted by atomic mass is 16.2. The van der Waals surface area contributed by atoms with Crippen LogP contribution in [0.4, 0.5) is 0 Å². The lowest BCUT2D eigenvalue weighted by Gasteiger charge is -2.21. The maximum absolute atomic E-state index is 12.4. The first kappa shape index (κ1) is 12.1. The second kappa shape index (κ2) is 4.49. The van der Waals surface area contributed by atoms with Crippen molar-refractivity contribution in [3.8, 4) is 0 Å². The van der Waals surface area contributed by atoms with E-state index >= 15 is 0 Å². The molecule has 1 aromatic heterocycles. The molecule has 2 heterocycles. The Hall–Kier alpha value is -1.36. The van der Waals surface area contributed by atoms with Gasteiger partial charge in [-0.05, 0) is 39.7 Å². The molecule has 2 rings (SSSR count). The van der Waals surface area contributed by atoms with Crippen molar-refractivity contribution in [3.05, 3.63) is 17.0 Å². The van der Waals surface area contributed by atoms with Gasteiger partial charge in [0.15, 0.2) is 0 Å². The first-order valence-corrected chi connectivity index (χ1v) is 6.07. The maximum Gasteiger partial charge on any atom is 0.257 e. The fraction of sp³-hybridized carbons (Fsp3) is 0.667. The van der Waals surface area contributed by atoms with E-state index in [9.17, 15) is 4.79 Å². The van der Waals surface area contributed by atoms with Gasteiger partial charge < -0.3 is 10.6 Å². The van der Waals surface area contributed by atoms with Gasteiger partial charge in [-0.15, -0.1) is 0 Å². The number of likely N-dealkylation sites (tertiary alicyclic amines) is 1. The number of carbonyl (C=O) groups excluding carboxylic acids is 1. The number of hydrogen-bond donors (Lipinski definition) is 2. The minimum absolute atomic E-state index is 0.0807. The van der Waals surface area contributed by atoms with Gasteiger partial charge in [0.1, 0.15) is 0 Å². The second-order valence-corrected chi connectivity index (χ2v) is 4.95. The number of nitrogens with two attached hydrogens (primary N) is 1. The highest BCUT2D eigenvalue weighted by molar-refractivity contribution is 5.96. The Kier molecular flexibility index (Phi) is 3.19. The van der Waals surface area contributed by atoms with Crippen LogP contribution in [0.15, 0.2) is 0 Å². The van der Waals surface area contributed by atoms with Gasteiger partial charge in [-0.2, -0.15) is 5.10 Å². The van der Waals surface area contributed by atoms with Crippen molar-refractivity contribution in [2.24, 2.45) is 11.7 Å². The molecule has 1 fully saturated rings. The lowest BCUT2D eigenvalue weighted by Crippen LogP contribution is -2.35. The van der Waals surface area contributed by atoms with Crippen molar-refractivity contribution >= 4 is 5.91 Å². The van der Waals surface area contributed by atoms with Crippen molar-refractivity contribution in [2.75, 3.05) is 13.1 Å². The Morgan fingerprint density at radius 1 is 1.59 bits per heavy atom. The predicted molar refractivity (Wildman–Crippen MR) is 65.7 cm³/mol. The third-order valence-corrected chi connectivity index (χ3v) is 3.60. The molecule has 3 N–H and O–H groups in total. The van der Waals surface area contributed by atoms with Crippen molar-refractivity contribution in [3.63, 3.8) is 0 Å². The topological polar surface area (TPSA) is 75.0 Å². The molecule has 2 unspecified atom stereocenters. The molecule has 0 radical (unpaired) electrons. The Morgan fingerprint density at radius 2 is 2.29 bits per heavy atom. The van der Waals surface area contributed by atoms with Gasteiger partial charge in [0.2, 0.25) is 0 Å². The standard InChI is InChI=1S/C12H20N4O/c1-7-4-10(5-13)6-16(7)12(17)11-8(2)14-15-9(11)3/h7,10H,4-6,13H2,1-3H3,(H,14,15). The quantitative estimate of drug-likeness (QED) is 0.799. The normalized spacial score (nSPS) is 24.4. The number of aryl methyl sites for hydroxylation is 2. The van der Waals surface area contributed by atoms with E-state index in [0.29, 0.717) is 12.5 Å². The van der Waals surface area contributed by atoms with Crippen LogP contribution in [0.2, 0.25) is 0 Å². The smallest absolute Gasteiger partial charge is 0.257 e. The van der Waals surface area contributed by atoms with E-state index in [-0.39, 0.29) is 11.9 Å². The van der Waals surface area contributed by atoms with Gasteiger partial charge in [-0.25, -0.2) is 0 Å². The van der Waals surface area contributed by atoms with Crippen LogP contribution in [0.3, 0.4) is 0 Å². The molecule has 94 valence electrons. The summed E-state index contributed by atoms with van der Waals surface area (Å²) in [6.45, 7) is 7.24. The Labute approximate surface area is 101 Å². The van der Waals surface area contributed by atoms with Crippen LogP contribution >= 0.6 is 0 Å². The largest absolute Gasteiger partial charge is 0.335 e. The highest BCUT2D eigenvalue weighted by Crippen LogP contribution is 2.25. The number of H-pyrrole nitrogens is 1. The summed E-state index contributed by atoms with van der Waals surface area (Å²) in [5, 5.41) is 6.93. The first-order valence-electron chi connectivity index (χ1n) is 6.07. The summed E-state index contributed by atoms with van der Waals surface area (Å²) in [4.78, 5) is 14.4. The fourth-order valence-electron chi connectivity index (χ4n) is 2.61. The molecule has 0 aromatic carbocycles. The van der Waals surface area contributed by atoms with Crippen molar-refractivity contribution in [1.29, 1.82) is 0 Å². The fourth-order valence-corrected chi connectivity index (χ4v) is 2.61. The molecule has 1 saturated heterocycles. The monoisotopic (exact) mass is 236 g/mol. The van der Waals surface area contributed by atoms with Crippen LogP contribution in [0.1, 0.15) is 35.1 Å². The van der Waals surface area contributed by atoms with Gasteiger partial charge in [0, 0.05) is 18.3 Å². The number of amides is 1. The average Bonchev–Trinajstić information content (AvgIpc) is 2.82. The number of nitrogens with zero attached hydrogens (tertiary/aromatic N) is 2. The molecule has 1 amide bonds. The third-order valence-electron chi connectivity index (χ3n) is 3.60. The first-order chi connectivity index (χ1) is 8.04. The number of nitrogens with one attached hydrogen (secondary N) is 1. The van der Waals surface area contributed by atoms with E-state index in [4.69, 9.17) is 5.73 Å². The molecule has 0 spiro atoms. The Balaban J connectivity index is 2.21. The van der Waals surface area contributed by atoms with Crippen LogP contribution in [-0.4, -0.2) is 40.1 Å². The van der Waals surface area contributed by atoms with Gasteiger partial charge in [-0.1, -0.05) is 0 Å². The Bertz CT molecular complexity index is 407. The van der Waals surface area contributed by atoms with E-state index in [1.165, 1.54) is 0 Å². The molecular formula is C12H20N4O. The number of hydrogen-bond acceptors (Lipinski definition) is 3. The molecule has 0 aliphatic carbocycles. The van der Waals surface area contributed by atoms with E-state index < -0.39 is 0 Å². The van der Waals surface area contributed by atoms with Crippen LogP contribution in [0.5, 0.6) is 0 Å². The lowest BCUT2D eigenvalue weighted by molar-refractivity contribution is 0.0742. The predicted octanol–water partition coefficient (Wildman–Crippen LogP) is 0.836. The molecule has 0 bridgehead atoms. The number of rotatable bonds is 2. The average molecular weight is 236 g/mol. The third kappa shape index (κ3) is 2.07. The van der Waals surface area contributed by atoms with E-state index in [0.717, 1.165) is 29.9 Å². The second-order valence-electron chi connectivity index (χ2n) is 4.95. The lowest BCUT2D eigenvalue weighted by atomic mass is 10.1. The number of aromatic amines is 1. The van der Waals surface area contributed by atoms with Crippen LogP contribution in [-0.2, 0) is 0 Å². The summed E-state index contributed by atoms with van der Waals surface area (Å²) in [5.74, 6) is 0.513. The molecule has 1 aromatic rings. The maximum atomic E-state index is 12.4. The molecule has 17 heavy (non-hydrogen) atoms. The molecule has 5 heteroatoms. The summed E-state index contributed by atoms with van der Waals surface area (Å²) >= 11 is 0. The SMILES string of the molecule is Cc1n[nH]c(C)c1C(=O)N1CC(CN)CC1C. The molecule has 1 aliphatic rings. The zero-order valence-corrected chi connectivity index (χ0v) is 10.7. The summed E-state index contributed by atoms with van der Waals surface area (Å²) in [5.41, 5.74) is 8.01. The van der Waals surface area contributed by atoms with Crippen LogP contribution in [0, 0.1) is 19.8 Å². The van der Waals surface area contributed by atoms with Crippen LogP contribution < -0.4 is 5.73 Å². The molecule has 2 atom stereocenters. The van der Waals surface area contributed by atoms with E-state index in [2.05, 4.69) is 17.1 Å². The van der Waals surface area contributed by atoms with Gasteiger partial charge in [0.05, 0.1) is 11.3 Å². The van der Waals surface area contributed by atoms with Gasteiger partial charge >= 0.3 is 0 Å². The highest BCUT2D eigenvalue weighted by Gasteiger charge is 2.33. The summed E-state index contributed by atoms with van der Waals surface area (Å²) in [6.07, 6.45) is 0.998. The summed E-state index contributed by atoms with van der Waals surface area (Å²) in [6, 6.07) is 0.268. The van der Waals surface area contributed by atoms with Crippen molar-refractivity contribution < 1.29 is 4.79 Å². The van der Waals surface area contributed by atoms with Crippen molar-refractivity contribution in [1.82, 2.24) is 15.1 Å². The van der Waals surface area contributed by atoms with Crippen LogP contribution in [0.25, 0.3) is 0 Å². The molecule has 0 saturated carbocycles. The van der Waals surface area contributed by atoms with Crippen molar-refractivity contribution in [2.45, 2.75) is 33.2 Å². The summed E-state index contributed by atoms with van der Waals surface area (Å²) < 4.78 is 0. The minimum atomic E-state index is 0.0807. The molecule has 5 nitrogen and oxygen atoms in total. The zero-order valence-electron chi connectivity index (χ0n) is 10.7. The molecular weight excluding hydrogens is 216 g/mol. The van der Waals surface area contributed by atoms with Gasteiger partial charge in [0.25, 0.3) is 5.91 Å². The zero-order chi connectivity index (χ0) is 12.6. The number of carbonyl (C=O) groups is 1. The number of aromatic nitrogens is 2. The molecule has 1 aliphatic heterocycles. The minimum Gasteiger partial charge on any atom is -0.335 e.